The van der Waals surface area contributed by atoms with E-state index in [1.54, 1.807) is 4.90 Å². The minimum atomic E-state index is -0.418. The Balaban J connectivity index is 2.10. The van der Waals surface area contributed by atoms with Crippen LogP contribution in [0.25, 0.3) is 0 Å². The van der Waals surface area contributed by atoms with Crippen molar-refractivity contribution in [3.05, 3.63) is 10.6 Å². The molecule has 6 heteroatoms. The summed E-state index contributed by atoms with van der Waals surface area (Å²) in [6.07, 6.45) is 1.14. The molecule has 5 nitrogen and oxygen atoms in total. The first-order valence-electron chi connectivity index (χ1n) is 5.92. The third-order valence-corrected chi connectivity index (χ3v) is 4.05. The fourth-order valence-corrected chi connectivity index (χ4v) is 2.70. The predicted octanol–water partition coefficient (Wildman–Crippen LogP) is 0.943. The number of carbonyl (C=O) groups excluding carboxylic acids is 1. The number of hydrogen-bond donors (Lipinski definition) is 1. The molecule has 0 aromatic carbocycles. The van der Waals surface area contributed by atoms with Gasteiger partial charge in [-0.25, -0.2) is 0 Å². The van der Waals surface area contributed by atoms with Gasteiger partial charge in [0.1, 0.15) is 4.88 Å². The second kappa shape index (κ2) is 5.10. The molecule has 1 N–H and O–H groups in total. The lowest BCUT2D eigenvalue weighted by Gasteiger charge is -2.34. The van der Waals surface area contributed by atoms with E-state index in [-0.39, 0.29) is 11.8 Å². The second-order valence-corrected chi connectivity index (χ2v) is 5.24. The molecule has 1 aliphatic rings. The predicted molar refractivity (Wildman–Crippen MR) is 65.0 cm³/mol. The van der Waals surface area contributed by atoms with Crippen LogP contribution in [0.1, 0.15) is 35.6 Å². The fourth-order valence-electron chi connectivity index (χ4n) is 1.98. The van der Waals surface area contributed by atoms with E-state index in [0.717, 1.165) is 23.6 Å². The summed E-state index contributed by atoms with van der Waals surface area (Å²) in [5.41, 5.74) is 0.758. The van der Waals surface area contributed by atoms with Crippen LogP contribution in [0.3, 0.4) is 0 Å². The Labute approximate surface area is 105 Å². The molecule has 94 valence electrons. The van der Waals surface area contributed by atoms with Crippen molar-refractivity contribution in [2.75, 3.05) is 13.1 Å². The number of carbonyl (C=O) groups is 1. The number of aromatic nitrogens is 2. The topological polar surface area (TPSA) is 66.3 Å². The molecule has 1 aromatic heterocycles. The summed E-state index contributed by atoms with van der Waals surface area (Å²) in [5, 5.41) is 13.7. The van der Waals surface area contributed by atoms with E-state index in [1.165, 1.54) is 0 Å². The van der Waals surface area contributed by atoms with Crippen LogP contribution >= 0.6 is 11.5 Å². The van der Waals surface area contributed by atoms with Crippen molar-refractivity contribution in [2.24, 2.45) is 5.92 Å². The Morgan fingerprint density at radius 2 is 2.41 bits per heavy atom. The van der Waals surface area contributed by atoms with Crippen LogP contribution in [-0.4, -0.2) is 44.7 Å². The van der Waals surface area contributed by atoms with Gasteiger partial charge in [0.25, 0.3) is 5.91 Å². The minimum absolute atomic E-state index is 0.0391. The van der Waals surface area contributed by atoms with Gasteiger partial charge in [-0.1, -0.05) is 18.3 Å². The van der Waals surface area contributed by atoms with Gasteiger partial charge < -0.3 is 10.0 Å². The summed E-state index contributed by atoms with van der Waals surface area (Å²) in [6.45, 7) is 5.10. The number of aliphatic hydroxyl groups is 1. The average molecular weight is 255 g/mol. The number of aryl methyl sites for hydroxylation is 1. The number of hydrogen-bond acceptors (Lipinski definition) is 5. The highest BCUT2D eigenvalue weighted by molar-refractivity contribution is 7.08. The molecule has 0 radical (unpaired) electrons. The van der Waals surface area contributed by atoms with Crippen molar-refractivity contribution in [3.8, 4) is 0 Å². The molecular weight excluding hydrogens is 238 g/mol. The van der Waals surface area contributed by atoms with Crippen LogP contribution in [0.2, 0.25) is 0 Å². The van der Waals surface area contributed by atoms with E-state index >= 15 is 0 Å². The zero-order chi connectivity index (χ0) is 12.4. The number of likely N-dealkylation sites (tertiary alicyclic amines) is 1. The number of piperidine rings is 1. The highest BCUT2D eigenvalue weighted by Gasteiger charge is 2.29. The van der Waals surface area contributed by atoms with Gasteiger partial charge in [-0.3, -0.25) is 4.79 Å². The van der Waals surface area contributed by atoms with Crippen LogP contribution in [0.15, 0.2) is 0 Å². The maximum absolute atomic E-state index is 12.2. The summed E-state index contributed by atoms with van der Waals surface area (Å²) in [4.78, 5) is 14.6. The fraction of sp³-hybridized carbons (Fsp3) is 0.727. The molecular formula is C11H17N3O2S. The van der Waals surface area contributed by atoms with Gasteiger partial charge in [0.05, 0.1) is 11.8 Å². The minimum Gasteiger partial charge on any atom is -0.391 e. The Morgan fingerprint density at radius 1 is 1.65 bits per heavy atom. The third-order valence-electron chi connectivity index (χ3n) is 3.29. The maximum Gasteiger partial charge on any atom is 0.267 e. The Bertz CT molecular complexity index is 407. The smallest absolute Gasteiger partial charge is 0.267 e. The SMILES string of the molecule is CCc1nnsc1C(=O)N1CCC(C)C(O)C1. The van der Waals surface area contributed by atoms with Gasteiger partial charge in [-0.15, -0.1) is 5.10 Å². The second-order valence-electron chi connectivity index (χ2n) is 4.49. The maximum atomic E-state index is 12.2. The molecule has 0 spiro atoms. The van der Waals surface area contributed by atoms with Crippen molar-refractivity contribution in [3.63, 3.8) is 0 Å². The number of β-amino-alcohol motifs (C(OH)–C–C–N with tert-alkyl or cyclic N) is 1. The molecule has 17 heavy (non-hydrogen) atoms. The number of nitrogens with zero attached hydrogens (tertiary/aromatic N) is 3. The first kappa shape index (κ1) is 12.4. The quantitative estimate of drug-likeness (QED) is 0.854. The third kappa shape index (κ3) is 2.47. The molecule has 1 aromatic rings. The lowest BCUT2D eigenvalue weighted by atomic mass is 9.96. The number of amides is 1. The van der Waals surface area contributed by atoms with Crippen molar-refractivity contribution in [2.45, 2.75) is 32.8 Å². The molecule has 0 bridgehead atoms. The molecule has 1 fully saturated rings. The van der Waals surface area contributed by atoms with Gasteiger partial charge in [-0.2, -0.15) is 0 Å². The van der Waals surface area contributed by atoms with Gasteiger partial charge >= 0.3 is 0 Å². The Morgan fingerprint density at radius 3 is 3.06 bits per heavy atom. The van der Waals surface area contributed by atoms with Crippen molar-refractivity contribution < 1.29 is 9.90 Å². The summed E-state index contributed by atoms with van der Waals surface area (Å²) in [5.74, 6) is 0.229. The average Bonchev–Trinajstić information content (AvgIpc) is 2.80. The molecule has 2 heterocycles. The van der Waals surface area contributed by atoms with E-state index in [9.17, 15) is 9.90 Å². The standard InChI is InChI=1S/C11H17N3O2S/c1-3-8-10(17-13-12-8)11(16)14-5-4-7(2)9(15)6-14/h7,9,15H,3-6H2,1-2H3. The Hall–Kier alpha value is -1.01. The lowest BCUT2D eigenvalue weighted by molar-refractivity contribution is 0.0251. The van der Waals surface area contributed by atoms with E-state index < -0.39 is 6.10 Å². The number of aliphatic hydroxyl groups excluding tert-OH is 1. The molecule has 2 unspecified atom stereocenters. The summed E-state index contributed by atoms with van der Waals surface area (Å²) < 4.78 is 3.82. The van der Waals surface area contributed by atoms with Crippen LogP contribution in [0, 0.1) is 5.92 Å². The molecule has 0 saturated carbocycles. The van der Waals surface area contributed by atoms with Gasteiger partial charge in [-0.05, 0) is 30.3 Å². The van der Waals surface area contributed by atoms with E-state index in [0.29, 0.717) is 24.4 Å². The molecule has 0 aliphatic carbocycles. The summed E-state index contributed by atoms with van der Waals surface area (Å²) in [6, 6.07) is 0. The van der Waals surface area contributed by atoms with Crippen LogP contribution in [0.4, 0.5) is 0 Å². The molecule has 1 amide bonds. The summed E-state index contributed by atoms with van der Waals surface area (Å²) in [7, 11) is 0. The van der Waals surface area contributed by atoms with E-state index in [1.807, 2.05) is 13.8 Å². The highest BCUT2D eigenvalue weighted by atomic mass is 32.1. The molecule has 1 aliphatic heterocycles. The normalized spacial score (nSPS) is 25.0. The van der Waals surface area contributed by atoms with Crippen LogP contribution < -0.4 is 0 Å². The van der Waals surface area contributed by atoms with Crippen molar-refractivity contribution >= 4 is 17.4 Å². The van der Waals surface area contributed by atoms with Crippen molar-refractivity contribution in [1.82, 2.24) is 14.5 Å². The lowest BCUT2D eigenvalue weighted by Crippen LogP contribution is -2.45. The Kier molecular flexibility index (Phi) is 3.73. The molecule has 2 rings (SSSR count). The summed E-state index contributed by atoms with van der Waals surface area (Å²) >= 11 is 1.14. The van der Waals surface area contributed by atoms with Gasteiger partial charge in [0.15, 0.2) is 0 Å². The van der Waals surface area contributed by atoms with Gasteiger partial charge in [0.2, 0.25) is 0 Å². The van der Waals surface area contributed by atoms with E-state index in [2.05, 4.69) is 9.59 Å². The zero-order valence-electron chi connectivity index (χ0n) is 10.1. The highest BCUT2D eigenvalue weighted by Crippen LogP contribution is 2.21. The monoisotopic (exact) mass is 255 g/mol. The number of rotatable bonds is 2. The largest absolute Gasteiger partial charge is 0.391 e. The van der Waals surface area contributed by atoms with Crippen LogP contribution in [0.5, 0.6) is 0 Å². The van der Waals surface area contributed by atoms with Crippen LogP contribution in [-0.2, 0) is 6.42 Å². The molecule has 2 atom stereocenters. The van der Waals surface area contributed by atoms with Crippen molar-refractivity contribution in [1.29, 1.82) is 0 Å². The van der Waals surface area contributed by atoms with E-state index in [4.69, 9.17) is 0 Å². The zero-order valence-corrected chi connectivity index (χ0v) is 10.9. The first-order valence-corrected chi connectivity index (χ1v) is 6.69. The first-order chi connectivity index (χ1) is 8.13. The van der Waals surface area contributed by atoms with Gasteiger partial charge in [0, 0.05) is 13.1 Å². The molecule has 1 saturated heterocycles.